The lowest BCUT2D eigenvalue weighted by Gasteiger charge is -2.30. The monoisotopic (exact) mass is 317 g/mol. The fraction of sp³-hybridized carbons (Fsp3) is 0.556. The molecule has 0 amide bonds. The van der Waals surface area contributed by atoms with Crippen LogP contribution in [0.15, 0.2) is 30.3 Å². The number of ether oxygens (including phenoxy) is 2. The summed E-state index contributed by atoms with van der Waals surface area (Å²) in [5.41, 5.74) is -0.309. The predicted octanol–water partition coefficient (Wildman–Crippen LogP) is 2.22. The molecule has 1 aromatic rings. The molecule has 23 heavy (non-hydrogen) atoms. The van der Waals surface area contributed by atoms with Gasteiger partial charge in [0.25, 0.3) is 0 Å². The Hall–Kier alpha value is -1.88. The molecular formula is C18H23NO4. The molecule has 1 aliphatic heterocycles. The van der Waals surface area contributed by atoms with Gasteiger partial charge in [-0.3, -0.25) is 14.9 Å². The van der Waals surface area contributed by atoms with Crippen molar-refractivity contribution in [2.24, 2.45) is 11.3 Å². The van der Waals surface area contributed by atoms with E-state index in [0.717, 1.165) is 18.4 Å². The minimum Gasteiger partial charge on any atom is -0.468 e. The minimum absolute atomic E-state index is 0.237. The summed E-state index contributed by atoms with van der Waals surface area (Å²) in [5.74, 6) is -0.935. The number of nitrogens with one attached hydrogen (secondary N) is 1. The molecule has 5 heteroatoms. The Morgan fingerprint density at radius 1 is 1.26 bits per heavy atom. The quantitative estimate of drug-likeness (QED) is 0.863. The topological polar surface area (TPSA) is 64.6 Å². The van der Waals surface area contributed by atoms with Crippen molar-refractivity contribution in [1.29, 1.82) is 0 Å². The maximum absolute atomic E-state index is 12.7. The van der Waals surface area contributed by atoms with E-state index in [-0.39, 0.29) is 23.9 Å². The van der Waals surface area contributed by atoms with Gasteiger partial charge in [-0.1, -0.05) is 30.3 Å². The third-order valence-corrected chi connectivity index (χ3v) is 5.45. The molecule has 3 rings (SSSR count). The summed E-state index contributed by atoms with van der Waals surface area (Å²) < 4.78 is 10.4. The average Bonchev–Trinajstić information content (AvgIpc) is 3.31. The normalized spacial score (nSPS) is 30.9. The number of esters is 2. The van der Waals surface area contributed by atoms with Gasteiger partial charge in [0.05, 0.1) is 19.6 Å². The summed E-state index contributed by atoms with van der Waals surface area (Å²) in [6.07, 6.45) is 1.64. The summed E-state index contributed by atoms with van der Waals surface area (Å²) in [6.45, 7) is 3.99. The van der Waals surface area contributed by atoms with Crippen LogP contribution in [0, 0.1) is 11.3 Å². The molecule has 0 bridgehead atoms. The van der Waals surface area contributed by atoms with Crippen molar-refractivity contribution in [3.8, 4) is 0 Å². The first-order valence-corrected chi connectivity index (χ1v) is 8.08. The van der Waals surface area contributed by atoms with Crippen molar-refractivity contribution in [1.82, 2.24) is 5.32 Å². The smallest absolute Gasteiger partial charge is 0.326 e. The maximum Gasteiger partial charge on any atom is 0.326 e. The number of rotatable bonds is 4. The van der Waals surface area contributed by atoms with E-state index in [1.54, 1.807) is 6.92 Å². The number of methoxy groups -OCH3 is 1. The van der Waals surface area contributed by atoms with Crippen molar-refractivity contribution < 1.29 is 19.1 Å². The molecular weight excluding hydrogens is 294 g/mol. The molecule has 1 saturated heterocycles. The van der Waals surface area contributed by atoms with Gasteiger partial charge in [-0.25, -0.2) is 0 Å². The molecule has 0 unspecified atom stereocenters. The van der Waals surface area contributed by atoms with Crippen LogP contribution in [-0.2, 0) is 19.1 Å². The van der Waals surface area contributed by atoms with E-state index < -0.39 is 11.0 Å². The average molecular weight is 317 g/mol. The molecule has 1 spiro atoms. The van der Waals surface area contributed by atoms with Crippen molar-refractivity contribution >= 4 is 11.9 Å². The molecule has 0 aromatic heterocycles. The summed E-state index contributed by atoms with van der Waals surface area (Å²) in [6, 6.07) is 9.51. The molecule has 3 atom stereocenters. The SMILES string of the molecule is CCOC(=O)[C@H]1[C@@H](c2ccccc2)N[C@@](C)(C(=O)OC)C12CC2. The van der Waals surface area contributed by atoms with Crippen LogP contribution >= 0.6 is 0 Å². The first-order valence-electron chi connectivity index (χ1n) is 8.08. The van der Waals surface area contributed by atoms with E-state index in [4.69, 9.17) is 9.47 Å². The van der Waals surface area contributed by atoms with E-state index in [9.17, 15) is 9.59 Å². The fourth-order valence-electron chi connectivity index (χ4n) is 4.11. The van der Waals surface area contributed by atoms with Gasteiger partial charge in [0.1, 0.15) is 5.54 Å². The third-order valence-electron chi connectivity index (χ3n) is 5.45. The molecule has 0 radical (unpaired) electrons. The lowest BCUT2D eigenvalue weighted by atomic mass is 9.75. The van der Waals surface area contributed by atoms with Crippen molar-refractivity contribution in [3.05, 3.63) is 35.9 Å². The summed E-state index contributed by atoms with van der Waals surface area (Å²) in [4.78, 5) is 25.1. The lowest BCUT2D eigenvalue weighted by molar-refractivity contribution is -0.154. The van der Waals surface area contributed by atoms with Crippen molar-refractivity contribution in [2.45, 2.75) is 38.3 Å². The highest BCUT2D eigenvalue weighted by molar-refractivity contribution is 5.87. The Kier molecular flexibility index (Phi) is 3.92. The summed E-state index contributed by atoms with van der Waals surface area (Å²) in [7, 11) is 1.39. The van der Waals surface area contributed by atoms with Crippen LogP contribution in [0.2, 0.25) is 0 Å². The van der Waals surface area contributed by atoms with E-state index in [1.165, 1.54) is 7.11 Å². The zero-order chi connectivity index (χ0) is 16.7. The van der Waals surface area contributed by atoms with Crippen LogP contribution in [0.4, 0.5) is 0 Å². The molecule has 2 aliphatic rings. The summed E-state index contributed by atoms with van der Waals surface area (Å²) in [5, 5.41) is 3.40. The van der Waals surface area contributed by atoms with Gasteiger partial charge in [0.15, 0.2) is 0 Å². The molecule has 124 valence electrons. The number of hydrogen-bond donors (Lipinski definition) is 1. The van der Waals surface area contributed by atoms with Crippen LogP contribution in [-0.4, -0.2) is 31.2 Å². The Morgan fingerprint density at radius 3 is 2.43 bits per heavy atom. The Labute approximate surface area is 136 Å². The molecule has 1 N–H and O–H groups in total. The van der Waals surface area contributed by atoms with Crippen molar-refractivity contribution in [3.63, 3.8) is 0 Å². The van der Waals surface area contributed by atoms with E-state index in [2.05, 4.69) is 5.32 Å². The van der Waals surface area contributed by atoms with Gasteiger partial charge >= 0.3 is 11.9 Å². The van der Waals surface area contributed by atoms with Crippen molar-refractivity contribution in [2.75, 3.05) is 13.7 Å². The second-order valence-corrected chi connectivity index (χ2v) is 6.54. The Balaban J connectivity index is 2.05. The third kappa shape index (κ3) is 2.26. The number of benzene rings is 1. The van der Waals surface area contributed by atoms with Crippen LogP contribution in [0.1, 0.15) is 38.3 Å². The minimum atomic E-state index is -0.875. The molecule has 1 saturated carbocycles. The van der Waals surface area contributed by atoms with E-state index in [0.29, 0.717) is 6.61 Å². The van der Waals surface area contributed by atoms with Gasteiger partial charge < -0.3 is 9.47 Å². The molecule has 1 aromatic carbocycles. The van der Waals surface area contributed by atoms with Gasteiger partial charge in [-0.2, -0.15) is 0 Å². The van der Waals surface area contributed by atoms with Crippen LogP contribution < -0.4 is 5.32 Å². The van der Waals surface area contributed by atoms with Gasteiger partial charge in [0, 0.05) is 11.5 Å². The number of hydrogen-bond acceptors (Lipinski definition) is 5. The molecule has 2 fully saturated rings. The number of carbonyl (C=O) groups is 2. The number of carbonyl (C=O) groups excluding carboxylic acids is 2. The van der Waals surface area contributed by atoms with E-state index in [1.807, 2.05) is 37.3 Å². The molecule has 1 aliphatic carbocycles. The second kappa shape index (κ2) is 5.64. The zero-order valence-corrected chi connectivity index (χ0v) is 13.8. The zero-order valence-electron chi connectivity index (χ0n) is 13.8. The first kappa shape index (κ1) is 16.0. The van der Waals surface area contributed by atoms with Crippen LogP contribution in [0.3, 0.4) is 0 Å². The Bertz CT molecular complexity index is 611. The molecule has 5 nitrogen and oxygen atoms in total. The predicted molar refractivity (Wildman–Crippen MR) is 84.5 cm³/mol. The second-order valence-electron chi connectivity index (χ2n) is 6.54. The highest BCUT2D eigenvalue weighted by Gasteiger charge is 2.73. The molecule has 1 heterocycles. The first-order chi connectivity index (χ1) is 11.0. The maximum atomic E-state index is 12.7. The highest BCUT2D eigenvalue weighted by Crippen LogP contribution is 2.67. The summed E-state index contributed by atoms with van der Waals surface area (Å²) >= 11 is 0. The standard InChI is InChI=1S/C18H23NO4/c1-4-23-15(20)13-14(12-8-6-5-7-9-12)19-17(2,16(21)22-3)18(13)10-11-18/h5-9,13-14,19H,4,10-11H2,1-3H3/t13-,14-,17+/m1/s1. The van der Waals surface area contributed by atoms with Gasteiger partial charge in [-0.05, 0) is 32.3 Å². The van der Waals surface area contributed by atoms with Gasteiger partial charge in [-0.15, -0.1) is 0 Å². The lowest BCUT2D eigenvalue weighted by Crippen LogP contribution is -2.52. The fourth-order valence-corrected chi connectivity index (χ4v) is 4.11. The van der Waals surface area contributed by atoms with Gasteiger partial charge in [0.2, 0.25) is 0 Å². The van der Waals surface area contributed by atoms with Crippen LogP contribution in [0.25, 0.3) is 0 Å². The largest absolute Gasteiger partial charge is 0.468 e. The van der Waals surface area contributed by atoms with Crippen LogP contribution in [0.5, 0.6) is 0 Å². The Morgan fingerprint density at radius 2 is 1.91 bits per heavy atom. The van der Waals surface area contributed by atoms with E-state index >= 15 is 0 Å². The highest BCUT2D eigenvalue weighted by atomic mass is 16.5.